The van der Waals surface area contributed by atoms with Crippen molar-refractivity contribution in [2.45, 2.75) is 49.8 Å². The normalized spacial score (nSPS) is 29.0. The quantitative estimate of drug-likeness (QED) is 0.822. The molecule has 0 spiro atoms. The van der Waals surface area contributed by atoms with Crippen molar-refractivity contribution in [3.63, 3.8) is 0 Å². The molecule has 0 aromatic heterocycles. The van der Waals surface area contributed by atoms with Gasteiger partial charge in [-0.15, -0.1) is 12.4 Å². The average Bonchev–Trinajstić information content (AvgIpc) is 3.31. The van der Waals surface area contributed by atoms with E-state index in [1.807, 2.05) is 0 Å². The predicted molar refractivity (Wildman–Crippen MR) is 85.3 cm³/mol. The minimum absolute atomic E-state index is 0. The number of sulfonamides is 1. The molecule has 0 aromatic carbocycles. The fourth-order valence-electron chi connectivity index (χ4n) is 3.13. The van der Waals surface area contributed by atoms with Crippen LogP contribution in [0.15, 0.2) is 0 Å². The third-order valence-electron chi connectivity index (χ3n) is 4.75. The summed E-state index contributed by atoms with van der Waals surface area (Å²) in [6.07, 6.45) is 6.23. The molecule has 0 aromatic rings. The van der Waals surface area contributed by atoms with Gasteiger partial charge in [-0.1, -0.05) is 0 Å². The van der Waals surface area contributed by atoms with Gasteiger partial charge in [0.2, 0.25) is 10.0 Å². The Morgan fingerprint density at radius 3 is 2.38 bits per heavy atom. The van der Waals surface area contributed by atoms with Gasteiger partial charge in [-0.05, 0) is 51.0 Å². The van der Waals surface area contributed by atoms with Crippen molar-refractivity contribution in [2.75, 3.05) is 32.8 Å². The first-order chi connectivity index (χ1) is 9.66. The third kappa shape index (κ3) is 4.55. The molecule has 1 unspecified atom stereocenters. The lowest BCUT2D eigenvalue weighted by Gasteiger charge is -2.35. The van der Waals surface area contributed by atoms with Gasteiger partial charge in [0.25, 0.3) is 0 Å². The van der Waals surface area contributed by atoms with E-state index in [-0.39, 0.29) is 17.7 Å². The van der Waals surface area contributed by atoms with E-state index >= 15 is 0 Å². The standard InChI is InChI=1S/C14H26N2O3S.ClH/c17-20(18,14-2-1-9-19-11-14)16-7-5-13(6-8-16)15-10-12-3-4-12;/h12-15H,1-11H2;1H. The molecule has 2 aliphatic heterocycles. The number of ether oxygens (including phenoxy) is 1. The van der Waals surface area contributed by atoms with Crippen LogP contribution in [0.1, 0.15) is 38.5 Å². The molecule has 2 saturated heterocycles. The highest BCUT2D eigenvalue weighted by Crippen LogP contribution is 2.28. The van der Waals surface area contributed by atoms with Crippen molar-refractivity contribution < 1.29 is 13.2 Å². The maximum atomic E-state index is 12.5. The Labute approximate surface area is 134 Å². The van der Waals surface area contributed by atoms with Crippen LogP contribution in [0, 0.1) is 5.92 Å². The number of hydrogen-bond acceptors (Lipinski definition) is 4. The van der Waals surface area contributed by atoms with Gasteiger partial charge in [-0.3, -0.25) is 0 Å². The fraction of sp³-hybridized carbons (Fsp3) is 1.00. The largest absolute Gasteiger partial charge is 0.380 e. The predicted octanol–water partition coefficient (Wildman–Crippen LogP) is 1.38. The Hall–Kier alpha value is 0.120. The lowest BCUT2D eigenvalue weighted by molar-refractivity contribution is 0.0970. The van der Waals surface area contributed by atoms with E-state index in [1.54, 1.807) is 4.31 Å². The van der Waals surface area contributed by atoms with Crippen LogP contribution in [-0.2, 0) is 14.8 Å². The highest BCUT2D eigenvalue weighted by molar-refractivity contribution is 7.89. The van der Waals surface area contributed by atoms with Crippen molar-refractivity contribution in [3.8, 4) is 0 Å². The Morgan fingerprint density at radius 1 is 1.10 bits per heavy atom. The van der Waals surface area contributed by atoms with Crippen LogP contribution in [0.5, 0.6) is 0 Å². The molecule has 1 N–H and O–H groups in total. The summed E-state index contributed by atoms with van der Waals surface area (Å²) in [5.41, 5.74) is 0. The maximum absolute atomic E-state index is 12.5. The number of nitrogens with one attached hydrogen (secondary N) is 1. The summed E-state index contributed by atoms with van der Waals surface area (Å²) in [4.78, 5) is 0. The van der Waals surface area contributed by atoms with Gasteiger partial charge in [0.15, 0.2) is 0 Å². The van der Waals surface area contributed by atoms with E-state index in [9.17, 15) is 8.42 Å². The lowest BCUT2D eigenvalue weighted by atomic mass is 10.1. The molecule has 0 radical (unpaired) electrons. The smallest absolute Gasteiger partial charge is 0.219 e. The molecule has 5 nitrogen and oxygen atoms in total. The van der Waals surface area contributed by atoms with E-state index in [2.05, 4.69) is 5.32 Å². The van der Waals surface area contributed by atoms with Crippen LogP contribution < -0.4 is 5.32 Å². The topological polar surface area (TPSA) is 58.6 Å². The van der Waals surface area contributed by atoms with Gasteiger partial charge in [0.1, 0.15) is 0 Å². The molecule has 7 heteroatoms. The Morgan fingerprint density at radius 2 is 1.81 bits per heavy atom. The van der Waals surface area contributed by atoms with Crippen LogP contribution in [0.25, 0.3) is 0 Å². The number of halogens is 1. The SMILES string of the molecule is Cl.O=S(=O)(C1CCCOC1)N1CCC(NCC2CC2)CC1. The van der Waals surface area contributed by atoms with Gasteiger partial charge >= 0.3 is 0 Å². The summed E-state index contributed by atoms with van der Waals surface area (Å²) < 4.78 is 32.1. The summed E-state index contributed by atoms with van der Waals surface area (Å²) in [5.74, 6) is 0.885. The lowest BCUT2D eigenvalue weighted by Crippen LogP contribution is -2.49. The second-order valence-corrected chi connectivity index (χ2v) is 8.62. The third-order valence-corrected chi connectivity index (χ3v) is 7.04. The number of piperidine rings is 1. The van der Waals surface area contributed by atoms with E-state index < -0.39 is 10.0 Å². The highest BCUT2D eigenvalue weighted by atomic mass is 35.5. The monoisotopic (exact) mass is 338 g/mol. The molecular weight excluding hydrogens is 312 g/mol. The molecule has 3 aliphatic rings. The second-order valence-electron chi connectivity index (χ2n) is 6.41. The number of rotatable bonds is 5. The summed E-state index contributed by atoms with van der Waals surface area (Å²) in [5, 5.41) is 3.28. The van der Waals surface area contributed by atoms with Gasteiger partial charge < -0.3 is 10.1 Å². The van der Waals surface area contributed by atoms with Crippen LogP contribution >= 0.6 is 12.4 Å². The zero-order valence-electron chi connectivity index (χ0n) is 12.5. The summed E-state index contributed by atoms with van der Waals surface area (Å²) in [7, 11) is -3.15. The van der Waals surface area contributed by atoms with Crippen LogP contribution in [0.2, 0.25) is 0 Å². The minimum atomic E-state index is -3.15. The molecule has 21 heavy (non-hydrogen) atoms. The molecule has 1 aliphatic carbocycles. The second kappa shape index (κ2) is 7.59. The summed E-state index contributed by atoms with van der Waals surface area (Å²) >= 11 is 0. The Balaban J connectivity index is 0.00000161. The Kier molecular flexibility index (Phi) is 6.32. The molecule has 1 saturated carbocycles. The van der Waals surface area contributed by atoms with Gasteiger partial charge in [0, 0.05) is 25.7 Å². The zero-order valence-corrected chi connectivity index (χ0v) is 14.1. The van der Waals surface area contributed by atoms with Crippen molar-refractivity contribution in [2.24, 2.45) is 5.92 Å². The zero-order chi connectivity index (χ0) is 14.0. The highest BCUT2D eigenvalue weighted by Gasteiger charge is 2.35. The maximum Gasteiger partial charge on any atom is 0.219 e. The van der Waals surface area contributed by atoms with E-state index in [1.165, 1.54) is 12.8 Å². The molecule has 3 fully saturated rings. The van der Waals surface area contributed by atoms with Crippen molar-refractivity contribution in [1.82, 2.24) is 9.62 Å². The summed E-state index contributed by atoms with van der Waals surface area (Å²) in [6.45, 7) is 3.54. The molecule has 2 heterocycles. The molecule has 0 bridgehead atoms. The molecule has 3 rings (SSSR count). The first kappa shape index (κ1) is 17.5. The van der Waals surface area contributed by atoms with Gasteiger partial charge in [0.05, 0.1) is 11.9 Å². The van der Waals surface area contributed by atoms with E-state index in [0.29, 0.717) is 32.3 Å². The van der Waals surface area contributed by atoms with Crippen LogP contribution in [0.4, 0.5) is 0 Å². The summed E-state index contributed by atoms with van der Waals surface area (Å²) in [6, 6.07) is 0.504. The van der Waals surface area contributed by atoms with Gasteiger partial charge in [-0.25, -0.2) is 12.7 Å². The molecular formula is C14H27ClN2O3S. The number of nitrogens with zero attached hydrogens (tertiary/aromatic N) is 1. The van der Waals surface area contributed by atoms with Crippen LogP contribution in [-0.4, -0.2) is 56.9 Å². The Bertz CT molecular complexity index is 414. The van der Waals surface area contributed by atoms with Crippen molar-refractivity contribution in [1.29, 1.82) is 0 Å². The molecule has 124 valence electrons. The van der Waals surface area contributed by atoms with Crippen molar-refractivity contribution >= 4 is 22.4 Å². The first-order valence-corrected chi connectivity index (χ1v) is 9.46. The molecule has 1 atom stereocenters. The van der Waals surface area contributed by atoms with Gasteiger partial charge in [-0.2, -0.15) is 0 Å². The van der Waals surface area contributed by atoms with Crippen LogP contribution in [0.3, 0.4) is 0 Å². The van der Waals surface area contributed by atoms with Crippen molar-refractivity contribution in [3.05, 3.63) is 0 Å². The van der Waals surface area contributed by atoms with E-state index in [4.69, 9.17) is 4.74 Å². The first-order valence-electron chi connectivity index (χ1n) is 7.96. The van der Waals surface area contributed by atoms with E-state index in [0.717, 1.165) is 38.1 Å². The molecule has 0 amide bonds. The number of hydrogen-bond donors (Lipinski definition) is 1. The average molecular weight is 339 g/mol. The fourth-order valence-corrected chi connectivity index (χ4v) is 5.00. The minimum Gasteiger partial charge on any atom is -0.380 e.